The molecule has 0 amide bonds. The van der Waals surface area contributed by atoms with E-state index in [1.165, 1.54) is 5.56 Å². The van der Waals surface area contributed by atoms with E-state index in [4.69, 9.17) is 5.26 Å². The minimum atomic E-state index is 0.503. The van der Waals surface area contributed by atoms with Gasteiger partial charge in [-0.25, -0.2) is 0 Å². The van der Waals surface area contributed by atoms with E-state index in [1.807, 2.05) is 24.3 Å². The minimum absolute atomic E-state index is 0.503. The first-order chi connectivity index (χ1) is 5.40. The first-order valence-electron chi connectivity index (χ1n) is 3.63. The molecule has 1 atom stereocenters. The average molecular weight is 144 g/mol. The van der Waals surface area contributed by atoms with Crippen LogP contribution >= 0.6 is 0 Å². The Morgan fingerprint density at radius 2 is 2.36 bits per heavy atom. The maximum absolute atomic E-state index is 8.59. The van der Waals surface area contributed by atoms with Crippen molar-refractivity contribution in [3.8, 4) is 6.07 Å². The fourth-order valence-corrected chi connectivity index (χ4v) is 1.12. The number of benzene rings is 1. The van der Waals surface area contributed by atoms with Crippen molar-refractivity contribution in [1.82, 2.24) is 5.32 Å². The van der Waals surface area contributed by atoms with Crippen LogP contribution in [0.4, 0.5) is 0 Å². The molecule has 0 aromatic heterocycles. The number of nitriles is 1. The van der Waals surface area contributed by atoms with Crippen molar-refractivity contribution in [2.45, 2.75) is 6.04 Å². The van der Waals surface area contributed by atoms with Crippen LogP contribution in [0.2, 0.25) is 0 Å². The number of hydrogen-bond acceptors (Lipinski definition) is 2. The van der Waals surface area contributed by atoms with Gasteiger partial charge in [-0.05, 0) is 17.7 Å². The lowest BCUT2D eigenvalue weighted by Crippen LogP contribution is -1.84. The Labute approximate surface area is 65.5 Å². The Morgan fingerprint density at radius 3 is 3.00 bits per heavy atom. The van der Waals surface area contributed by atoms with Gasteiger partial charge >= 0.3 is 0 Å². The summed E-state index contributed by atoms with van der Waals surface area (Å²) < 4.78 is 0. The normalized spacial score (nSPS) is 20.8. The van der Waals surface area contributed by atoms with Crippen LogP contribution in [0.25, 0.3) is 0 Å². The lowest BCUT2D eigenvalue weighted by molar-refractivity contribution is 1.08. The Kier molecular flexibility index (Phi) is 1.38. The standard InChI is InChI=1S/C9H8N2/c10-5-7-2-1-3-8(4-7)9-6-11-9/h1-4,9,11H,6H2/t9-/m1/s1. The van der Waals surface area contributed by atoms with Crippen molar-refractivity contribution < 1.29 is 0 Å². The van der Waals surface area contributed by atoms with Gasteiger partial charge in [-0.2, -0.15) is 5.26 Å². The SMILES string of the molecule is N#Cc1cccc([C@H]2CN2)c1. The zero-order valence-electron chi connectivity index (χ0n) is 6.04. The summed E-state index contributed by atoms with van der Waals surface area (Å²) in [5.41, 5.74) is 1.97. The van der Waals surface area contributed by atoms with Crippen LogP contribution in [0.15, 0.2) is 24.3 Å². The molecular weight excluding hydrogens is 136 g/mol. The quantitative estimate of drug-likeness (QED) is 0.602. The van der Waals surface area contributed by atoms with Crippen LogP contribution < -0.4 is 5.32 Å². The van der Waals surface area contributed by atoms with Gasteiger partial charge < -0.3 is 5.32 Å². The molecule has 1 aliphatic rings. The average Bonchev–Trinajstić information content (AvgIpc) is 2.87. The first kappa shape index (κ1) is 6.38. The van der Waals surface area contributed by atoms with Crippen LogP contribution in [-0.4, -0.2) is 6.54 Å². The number of hydrogen-bond donors (Lipinski definition) is 1. The highest BCUT2D eigenvalue weighted by Crippen LogP contribution is 2.21. The summed E-state index contributed by atoms with van der Waals surface area (Å²) in [5, 5.41) is 11.8. The van der Waals surface area contributed by atoms with Gasteiger partial charge in [0.25, 0.3) is 0 Å². The summed E-state index contributed by atoms with van der Waals surface area (Å²) in [6.07, 6.45) is 0. The number of rotatable bonds is 1. The lowest BCUT2D eigenvalue weighted by Gasteiger charge is -1.94. The molecule has 1 fully saturated rings. The molecule has 1 aromatic rings. The van der Waals surface area contributed by atoms with Gasteiger partial charge in [-0.15, -0.1) is 0 Å². The molecule has 0 bridgehead atoms. The van der Waals surface area contributed by atoms with E-state index in [9.17, 15) is 0 Å². The molecule has 2 nitrogen and oxygen atoms in total. The molecule has 1 aromatic carbocycles. The van der Waals surface area contributed by atoms with Crippen LogP contribution in [0.3, 0.4) is 0 Å². The second-order valence-electron chi connectivity index (χ2n) is 2.70. The second kappa shape index (κ2) is 2.37. The fraction of sp³-hybridized carbons (Fsp3) is 0.222. The van der Waals surface area contributed by atoms with Crippen molar-refractivity contribution in [1.29, 1.82) is 5.26 Å². The van der Waals surface area contributed by atoms with Crippen molar-refractivity contribution in [3.05, 3.63) is 35.4 Å². The maximum atomic E-state index is 8.59. The zero-order valence-corrected chi connectivity index (χ0v) is 6.04. The highest BCUT2D eigenvalue weighted by molar-refractivity contribution is 5.35. The molecule has 0 spiro atoms. The summed E-state index contributed by atoms with van der Waals surface area (Å²) in [6.45, 7) is 1.05. The van der Waals surface area contributed by atoms with E-state index in [0.717, 1.165) is 12.1 Å². The molecule has 0 aliphatic carbocycles. The second-order valence-corrected chi connectivity index (χ2v) is 2.70. The molecule has 0 radical (unpaired) electrons. The van der Waals surface area contributed by atoms with E-state index in [-0.39, 0.29) is 0 Å². The number of nitrogens with zero attached hydrogens (tertiary/aromatic N) is 1. The number of nitrogens with one attached hydrogen (secondary N) is 1. The Balaban J connectivity index is 2.35. The predicted octanol–water partition coefficient (Wildman–Crippen LogP) is 1.20. The lowest BCUT2D eigenvalue weighted by atomic mass is 10.1. The molecular formula is C9H8N2. The molecule has 0 unspecified atom stereocenters. The van der Waals surface area contributed by atoms with Gasteiger partial charge in [0.15, 0.2) is 0 Å². The largest absolute Gasteiger partial charge is 0.307 e. The van der Waals surface area contributed by atoms with Crippen molar-refractivity contribution >= 4 is 0 Å². The third-order valence-electron chi connectivity index (χ3n) is 1.83. The monoisotopic (exact) mass is 144 g/mol. The predicted molar refractivity (Wildman–Crippen MR) is 41.9 cm³/mol. The molecule has 2 heteroatoms. The Hall–Kier alpha value is -1.33. The Bertz CT molecular complexity index is 308. The van der Waals surface area contributed by atoms with Crippen molar-refractivity contribution in [2.24, 2.45) is 0 Å². The summed E-state index contributed by atoms with van der Waals surface area (Å²) in [4.78, 5) is 0. The molecule has 1 heterocycles. The van der Waals surface area contributed by atoms with Gasteiger partial charge in [0, 0.05) is 12.6 Å². The minimum Gasteiger partial charge on any atom is -0.307 e. The van der Waals surface area contributed by atoms with Crippen LogP contribution in [-0.2, 0) is 0 Å². The van der Waals surface area contributed by atoms with Crippen LogP contribution in [0.1, 0.15) is 17.2 Å². The molecule has 0 saturated carbocycles. The Morgan fingerprint density at radius 1 is 1.55 bits per heavy atom. The van der Waals surface area contributed by atoms with E-state index < -0.39 is 0 Å². The van der Waals surface area contributed by atoms with Crippen LogP contribution in [0, 0.1) is 11.3 Å². The van der Waals surface area contributed by atoms with E-state index in [2.05, 4.69) is 11.4 Å². The van der Waals surface area contributed by atoms with E-state index in [0.29, 0.717) is 6.04 Å². The molecule has 1 saturated heterocycles. The summed E-state index contributed by atoms with van der Waals surface area (Å²) in [6, 6.07) is 10.4. The molecule has 11 heavy (non-hydrogen) atoms. The van der Waals surface area contributed by atoms with Gasteiger partial charge in [-0.3, -0.25) is 0 Å². The van der Waals surface area contributed by atoms with Gasteiger partial charge in [0.05, 0.1) is 11.6 Å². The first-order valence-corrected chi connectivity index (χ1v) is 3.63. The summed E-state index contributed by atoms with van der Waals surface area (Å²) >= 11 is 0. The highest BCUT2D eigenvalue weighted by Gasteiger charge is 2.21. The zero-order chi connectivity index (χ0) is 7.68. The van der Waals surface area contributed by atoms with Crippen molar-refractivity contribution in [2.75, 3.05) is 6.54 Å². The molecule has 1 aliphatic heterocycles. The fourth-order valence-electron chi connectivity index (χ4n) is 1.12. The van der Waals surface area contributed by atoms with Crippen molar-refractivity contribution in [3.63, 3.8) is 0 Å². The highest BCUT2D eigenvalue weighted by atomic mass is 15.1. The van der Waals surface area contributed by atoms with Gasteiger partial charge in [0.2, 0.25) is 0 Å². The third-order valence-corrected chi connectivity index (χ3v) is 1.83. The van der Waals surface area contributed by atoms with Gasteiger partial charge in [0.1, 0.15) is 0 Å². The van der Waals surface area contributed by atoms with E-state index >= 15 is 0 Å². The topological polar surface area (TPSA) is 45.7 Å². The summed E-state index contributed by atoms with van der Waals surface area (Å²) in [7, 11) is 0. The smallest absolute Gasteiger partial charge is 0.0991 e. The molecule has 54 valence electrons. The molecule has 2 rings (SSSR count). The van der Waals surface area contributed by atoms with E-state index in [1.54, 1.807) is 0 Å². The van der Waals surface area contributed by atoms with Gasteiger partial charge in [-0.1, -0.05) is 12.1 Å². The summed E-state index contributed by atoms with van der Waals surface area (Å²) in [5.74, 6) is 0. The third kappa shape index (κ3) is 1.24. The molecule has 1 N–H and O–H groups in total. The maximum Gasteiger partial charge on any atom is 0.0991 e. The van der Waals surface area contributed by atoms with Crippen LogP contribution in [0.5, 0.6) is 0 Å².